The zero-order chi connectivity index (χ0) is 21.3. The molecule has 0 aliphatic heterocycles. The lowest BCUT2D eigenvalue weighted by molar-refractivity contribution is -0.134. The molecule has 0 radical (unpaired) electrons. The Kier molecular flexibility index (Phi) is 6.20. The van der Waals surface area contributed by atoms with Crippen molar-refractivity contribution in [2.75, 3.05) is 18.1 Å². The quantitative estimate of drug-likeness (QED) is 0.457. The maximum Gasteiger partial charge on any atom is 0.322 e. The number of hydrogen-bond acceptors (Lipinski definition) is 6. The largest absolute Gasteiger partial charge is 0.480 e. The molecule has 0 saturated heterocycles. The first kappa shape index (κ1) is 21.6. The van der Waals surface area contributed by atoms with Crippen LogP contribution in [-0.4, -0.2) is 42.1 Å². The normalized spacial score (nSPS) is 11.6. The van der Waals surface area contributed by atoms with E-state index >= 15 is 0 Å². The van der Waals surface area contributed by atoms with Gasteiger partial charge >= 0.3 is 5.97 Å². The van der Waals surface area contributed by atoms with Gasteiger partial charge in [0.2, 0.25) is 0 Å². The van der Waals surface area contributed by atoms with Crippen LogP contribution in [-0.2, 0) is 20.5 Å². The fraction of sp³-hybridized carbons (Fsp3) is 0.222. The van der Waals surface area contributed by atoms with E-state index in [1.165, 1.54) is 4.68 Å². The third kappa shape index (κ3) is 5.28. The van der Waals surface area contributed by atoms with Gasteiger partial charge in [-0.1, -0.05) is 0 Å². The molecule has 2 N–H and O–H groups in total. The van der Waals surface area contributed by atoms with Gasteiger partial charge in [0.15, 0.2) is 15.6 Å². The maximum absolute atomic E-state index is 11.6. The highest BCUT2D eigenvalue weighted by molar-refractivity contribution is 9.11. The number of nitrogens with one attached hydrogen (secondary N) is 1. The number of carbonyl (C=O) groups is 1. The molecule has 0 bridgehead atoms. The fourth-order valence-corrected chi connectivity index (χ4v) is 4.75. The first-order chi connectivity index (χ1) is 13.5. The maximum atomic E-state index is 11.6. The minimum atomic E-state index is -3.22. The molecule has 0 aliphatic carbocycles. The first-order valence-electron chi connectivity index (χ1n) is 8.31. The Labute approximate surface area is 184 Å². The Morgan fingerprint density at radius 2 is 1.90 bits per heavy atom. The molecular formula is C18H17Br2N3O5S. The number of hydrogen-bond donors (Lipinski definition) is 2. The van der Waals surface area contributed by atoms with Crippen LogP contribution in [0.4, 0.5) is 5.69 Å². The third-order valence-corrected chi connectivity index (χ3v) is 5.88. The smallest absolute Gasteiger partial charge is 0.322 e. The summed E-state index contributed by atoms with van der Waals surface area (Å²) in [6, 6.07) is 8.75. The van der Waals surface area contributed by atoms with Crippen LogP contribution in [0.25, 0.3) is 10.9 Å². The van der Waals surface area contributed by atoms with Crippen LogP contribution in [0.3, 0.4) is 0 Å². The number of anilines is 1. The topological polar surface area (TPSA) is 111 Å². The van der Waals surface area contributed by atoms with E-state index in [0.717, 1.165) is 17.3 Å². The van der Waals surface area contributed by atoms with Crippen molar-refractivity contribution in [3.05, 3.63) is 45.0 Å². The molecule has 3 aromatic rings. The number of fused-ring (bicyclic) bond motifs is 1. The van der Waals surface area contributed by atoms with Crippen molar-refractivity contribution < 1.29 is 23.1 Å². The van der Waals surface area contributed by atoms with Crippen LogP contribution in [0.15, 0.2) is 39.3 Å². The van der Waals surface area contributed by atoms with Crippen molar-refractivity contribution in [1.29, 1.82) is 0 Å². The molecule has 0 spiro atoms. The minimum absolute atomic E-state index is 0.189. The molecule has 2 aromatic carbocycles. The standard InChI is InChI=1S/C18H17Br2N3O5S/c1-10-13-7-12(3-4-16(13)22-23(10)9-29(2,26)27)28-18-14(19)5-11(6-15(18)20)21-8-17(24)25/h3-7,21H,8-9H2,1-2H3,(H,24,25). The number of carboxylic acid groups (broad SMARTS) is 1. The van der Waals surface area contributed by atoms with Crippen LogP contribution in [0.2, 0.25) is 0 Å². The van der Waals surface area contributed by atoms with Gasteiger partial charge in [-0.25, -0.2) is 8.42 Å². The summed E-state index contributed by atoms with van der Waals surface area (Å²) in [6.07, 6.45) is 1.16. The molecule has 154 valence electrons. The predicted molar refractivity (Wildman–Crippen MR) is 117 cm³/mol. The molecule has 8 nitrogen and oxygen atoms in total. The number of aliphatic carboxylic acids is 1. The SMILES string of the molecule is Cc1c2cc(Oc3c(Br)cc(NCC(=O)O)cc3Br)ccc2nn1CS(C)(=O)=O. The lowest BCUT2D eigenvalue weighted by atomic mass is 10.2. The van der Waals surface area contributed by atoms with E-state index in [2.05, 4.69) is 42.3 Å². The Morgan fingerprint density at radius 3 is 2.48 bits per heavy atom. The molecule has 0 amide bonds. The number of halogens is 2. The van der Waals surface area contributed by atoms with Gasteiger partial charge in [0.05, 0.1) is 14.5 Å². The molecule has 0 saturated carbocycles. The predicted octanol–water partition coefficient (Wildman–Crippen LogP) is 4.16. The lowest BCUT2D eigenvalue weighted by Gasteiger charge is -2.13. The molecule has 1 heterocycles. The van der Waals surface area contributed by atoms with E-state index in [1.54, 1.807) is 37.3 Å². The number of rotatable bonds is 7. The molecule has 0 unspecified atom stereocenters. The van der Waals surface area contributed by atoms with E-state index < -0.39 is 15.8 Å². The summed E-state index contributed by atoms with van der Waals surface area (Å²) in [5, 5.41) is 16.7. The first-order valence-corrected chi connectivity index (χ1v) is 12.0. The summed E-state index contributed by atoms with van der Waals surface area (Å²) >= 11 is 6.88. The summed E-state index contributed by atoms with van der Waals surface area (Å²) in [5.41, 5.74) is 2.01. The fourth-order valence-electron chi connectivity index (χ4n) is 2.70. The molecule has 1 aromatic heterocycles. The summed E-state index contributed by atoms with van der Waals surface area (Å²) < 4.78 is 31.9. The summed E-state index contributed by atoms with van der Waals surface area (Å²) in [4.78, 5) is 10.7. The molecular weight excluding hydrogens is 530 g/mol. The van der Waals surface area contributed by atoms with Crippen LogP contribution in [0, 0.1) is 6.92 Å². The second-order valence-corrected chi connectivity index (χ2v) is 10.3. The van der Waals surface area contributed by atoms with Crippen molar-refractivity contribution in [2.24, 2.45) is 0 Å². The lowest BCUT2D eigenvalue weighted by Crippen LogP contribution is -2.12. The number of ether oxygens (including phenoxy) is 1. The minimum Gasteiger partial charge on any atom is -0.480 e. The van der Waals surface area contributed by atoms with Crippen molar-refractivity contribution in [2.45, 2.75) is 12.8 Å². The number of benzene rings is 2. The number of carboxylic acids is 1. The molecule has 3 rings (SSSR count). The number of aromatic nitrogens is 2. The van der Waals surface area contributed by atoms with Crippen LogP contribution >= 0.6 is 31.9 Å². The summed E-state index contributed by atoms with van der Waals surface area (Å²) in [6.45, 7) is 1.60. The van der Waals surface area contributed by atoms with Gasteiger partial charge in [-0.3, -0.25) is 9.48 Å². The summed E-state index contributed by atoms with van der Waals surface area (Å²) in [7, 11) is -3.22. The highest BCUT2D eigenvalue weighted by Gasteiger charge is 2.15. The molecule has 0 atom stereocenters. The monoisotopic (exact) mass is 545 g/mol. The van der Waals surface area contributed by atoms with Crippen LogP contribution < -0.4 is 10.1 Å². The third-order valence-electron chi connectivity index (χ3n) is 3.99. The Morgan fingerprint density at radius 1 is 1.24 bits per heavy atom. The zero-order valence-corrected chi connectivity index (χ0v) is 19.4. The van der Waals surface area contributed by atoms with Gasteiger partial charge in [-0.2, -0.15) is 5.10 Å². The van der Waals surface area contributed by atoms with E-state index in [0.29, 0.717) is 31.6 Å². The Hall–Kier alpha value is -2.11. The number of sulfone groups is 1. The molecule has 0 fully saturated rings. The van der Waals surface area contributed by atoms with E-state index in [1.807, 2.05) is 0 Å². The van der Waals surface area contributed by atoms with Crippen LogP contribution in [0.1, 0.15) is 5.69 Å². The van der Waals surface area contributed by atoms with Gasteiger partial charge < -0.3 is 15.2 Å². The van der Waals surface area contributed by atoms with Gasteiger partial charge in [0.1, 0.15) is 18.2 Å². The average Bonchev–Trinajstić information content (AvgIpc) is 2.90. The number of aryl methyl sites for hydroxylation is 1. The van der Waals surface area contributed by atoms with Gasteiger partial charge in [-0.15, -0.1) is 0 Å². The van der Waals surface area contributed by atoms with E-state index in [4.69, 9.17) is 9.84 Å². The highest BCUT2D eigenvalue weighted by Crippen LogP contribution is 2.40. The Balaban J connectivity index is 1.90. The summed E-state index contributed by atoms with van der Waals surface area (Å²) in [5.74, 6) is -0.0813. The average molecular weight is 547 g/mol. The second kappa shape index (κ2) is 8.33. The second-order valence-electron chi connectivity index (χ2n) is 6.44. The van der Waals surface area contributed by atoms with Crippen molar-refractivity contribution in [3.63, 3.8) is 0 Å². The van der Waals surface area contributed by atoms with Crippen molar-refractivity contribution >= 4 is 64.3 Å². The highest BCUT2D eigenvalue weighted by atomic mass is 79.9. The van der Waals surface area contributed by atoms with E-state index in [9.17, 15) is 13.2 Å². The molecule has 29 heavy (non-hydrogen) atoms. The van der Waals surface area contributed by atoms with Gasteiger partial charge in [-0.05, 0) is 69.1 Å². The van der Waals surface area contributed by atoms with Crippen molar-refractivity contribution in [1.82, 2.24) is 9.78 Å². The Bertz CT molecular complexity index is 1180. The van der Waals surface area contributed by atoms with Crippen molar-refractivity contribution in [3.8, 4) is 11.5 Å². The van der Waals surface area contributed by atoms with E-state index in [-0.39, 0.29) is 12.4 Å². The zero-order valence-electron chi connectivity index (χ0n) is 15.4. The van der Waals surface area contributed by atoms with Crippen LogP contribution in [0.5, 0.6) is 11.5 Å². The number of nitrogens with zero attached hydrogens (tertiary/aromatic N) is 2. The molecule has 0 aliphatic rings. The van der Waals surface area contributed by atoms with Gasteiger partial charge in [0.25, 0.3) is 0 Å². The van der Waals surface area contributed by atoms with Gasteiger partial charge in [0, 0.05) is 23.0 Å². The molecule has 11 heteroatoms.